The second-order valence-electron chi connectivity index (χ2n) is 6.74. The van der Waals surface area contributed by atoms with Gasteiger partial charge in [-0.25, -0.2) is 0 Å². The minimum Gasteiger partial charge on any atom is -0.481 e. The third kappa shape index (κ3) is 4.22. The molecule has 0 radical (unpaired) electrons. The lowest BCUT2D eigenvalue weighted by molar-refractivity contribution is -0.128. The second kappa shape index (κ2) is 8.19. The molecule has 1 N–H and O–H groups in total. The van der Waals surface area contributed by atoms with E-state index in [1.165, 1.54) is 24.0 Å². The molecule has 25 heavy (non-hydrogen) atoms. The lowest BCUT2D eigenvalue weighted by atomic mass is 9.91. The Labute approximate surface area is 150 Å². The maximum Gasteiger partial charge on any atom is 0.261 e. The van der Waals surface area contributed by atoms with Crippen LogP contribution in [0, 0.1) is 0 Å². The van der Waals surface area contributed by atoms with E-state index in [1.807, 2.05) is 49.4 Å². The van der Waals surface area contributed by atoms with E-state index in [0.717, 1.165) is 30.6 Å². The van der Waals surface area contributed by atoms with E-state index in [0.29, 0.717) is 0 Å². The molecule has 1 aliphatic carbocycles. The third-order valence-corrected chi connectivity index (χ3v) is 4.95. The largest absolute Gasteiger partial charge is 0.481 e. The van der Waals surface area contributed by atoms with E-state index >= 15 is 0 Å². The van der Waals surface area contributed by atoms with E-state index in [9.17, 15) is 4.79 Å². The zero-order valence-corrected chi connectivity index (χ0v) is 15.1. The van der Waals surface area contributed by atoms with Crippen LogP contribution in [0.4, 0.5) is 0 Å². The molecule has 0 aliphatic heterocycles. The van der Waals surface area contributed by atoms with Crippen molar-refractivity contribution >= 4 is 5.91 Å². The summed E-state index contributed by atoms with van der Waals surface area (Å²) >= 11 is 0. The third-order valence-electron chi connectivity index (χ3n) is 4.95. The first-order valence-electron chi connectivity index (χ1n) is 9.31. The fourth-order valence-electron chi connectivity index (χ4n) is 3.50. The molecule has 132 valence electrons. The summed E-state index contributed by atoms with van der Waals surface area (Å²) in [6.45, 7) is 3.91. The number of carbonyl (C=O) groups excluding carboxylic acids is 1. The van der Waals surface area contributed by atoms with Gasteiger partial charge < -0.3 is 10.1 Å². The van der Waals surface area contributed by atoms with Gasteiger partial charge in [-0.2, -0.15) is 0 Å². The van der Waals surface area contributed by atoms with Crippen LogP contribution >= 0.6 is 0 Å². The Kier molecular flexibility index (Phi) is 5.75. The molecule has 0 unspecified atom stereocenters. The molecular weight excluding hydrogens is 310 g/mol. The molecule has 0 bridgehead atoms. The van der Waals surface area contributed by atoms with Crippen molar-refractivity contribution < 1.29 is 9.53 Å². The number of carbonyl (C=O) groups is 1. The number of nitrogens with one attached hydrogen (secondary N) is 1. The molecule has 3 rings (SSSR count). The fraction of sp³-hybridized carbons (Fsp3) is 0.409. The molecule has 2 aromatic rings. The summed E-state index contributed by atoms with van der Waals surface area (Å²) in [6, 6.07) is 16.3. The summed E-state index contributed by atoms with van der Waals surface area (Å²) in [6.07, 6.45) is 4.93. The number of hydrogen-bond donors (Lipinski definition) is 1. The molecule has 2 atom stereocenters. The average molecular weight is 337 g/mol. The Morgan fingerprint density at radius 1 is 1.08 bits per heavy atom. The maximum absolute atomic E-state index is 12.6. The number of amides is 1. The Morgan fingerprint density at radius 3 is 2.60 bits per heavy atom. The molecular formula is C22H27NO2. The number of fused-ring (bicyclic) bond motifs is 1. The van der Waals surface area contributed by atoms with E-state index < -0.39 is 6.10 Å². The summed E-state index contributed by atoms with van der Waals surface area (Å²) < 4.78 is 6.04. The first kappa shape index (κ1) is 17.5. The molecule has 1 aliphatic rings. The van der Waals surface area contributed by atoms with Crippen LogP contribution in [0.15, 0.2) is 48.5 Å². The highest BCUT2D eigenvalue weighted by Gasteiger charge is 2.21. The molecule has 0 heterocycles. The summed E-state index contributed by atoms with van der Waals surface area (Å²) in [4.78, 5) is 12.6. The lowest BCUT2D eigenvalue weighted by Gasteiger charge is -2.24. The molecule has 3 heteroatoms. The summed E-state index contributed by atoms with van der Waals surface area (Å²) in [5, 5.41) is 3.12. The summed E-state index contributed by atoms with van der Waals surface area (Å²) in [5.74, 6) is 0.803. The first-order chi connectivity index (χ1) is 12.2. The molecule has 0 saturated carbocycles. The number of hydrogen-bond acceptors (Lipinski definition) is 2. The van der Waals surface area contributed by atoms with E-state index in [2.05, 4.69) is 18.3 Å². The first-order valence-corrected chi connectivity index (χ1v) is 9.31. The van der Waals surface area contributed by atoms with Crippen LogP contribution in [0.1, 0.15) is 55.8 Å². The van der Waals surface area contributed by atoms with Gasteiger partial charge in [-0.15, -0.1) is 0 Å². The SMILES string of the molecule is CC[C@H](NC(=O)[C@@H](C)Oc1cccc2c1CCCC2)c1ccccc1. The molecule has 0 fully saturated rings. The smallest absolute Gasteiger partial charge is 0.261 e. The quantitative estimate of drug-likeness (QED) is 0.836. The van der Waals surface area contributed by atoms with Crippen LogP contribution < -0.4 is 10.1 Å². The van der Waals surface area contributed by atoms with Crippen LogP contribution in [-0.2, 0) is 17.6 Å². The highest BCUT2D eigenvalue weighted by Crippen LogP contribution is 2.30. The van der Waals surface area contributed by atoms with Gasteiger partial charge in [0.05, 0.1) is 6.04 Å². The lowest BCUT2D eigenvalue weighted by Crippen LogP contribution is -2.38. The van der Waals surface area contributed by atoms with E-state index in [1.54, 1.807) is 0 Å². The van der Waals surface area contributed by atoms with Crippen molar-refractivity contribution in [2.45, 2.75) is 58.1 Å². The van der Waals surface area contributed by atoms with Crippen LogP contribution in [0.3, 0.4) is 0 Å². The zero-order chi connectivity index (χ0) is 17.6. The molecule has 0 saturated heterocycles. The van der Waals surface area contributed by atoms with Crippen molar-refractivity contribution in [3.05, 3.63) is 65.2 Å². The molecule has 2 aromatic carbocycles. The molecule has 3 nitrogen and oxygen atoms in total. The number of aryl methyl sites for hydroxylation is 1. The number of benzene rings is 2. The topological polar surface area (TPSA) is 38.3 Å². The summed E-state index contributed by atoms with van der Waals surface area (Å²) in [7, 11) is 0. The van der Waals surface area contributed by atoms with Gasteiger partial charge in [-0.3, -0.25) is 4.79 Å². The normalized spacial score (nSPS) is 15.8. The average Bonchev–Trinajstić information content (AvgIpc) is 2.67. The number of rotatable bonds is 6. The Bertz CT molecular complexity index is 711. The minimum atomic E-state index is -0.508. The van der Waals surface area contributed by atoms with Gasteiger partial charge >= 0.3 is 0 Å². The van der Waals surface area contributed by atoms with Crippen molar-refractivity contribution in [2.75, 3.05) is 0 Å². The van der Waals surface area contributed by atoms with E-state index in [-0.39, 0.29) is 11.9 Å². The van der Waals surface area contributed by atoms with Gasteiger partial charge in [0.2, 0.25) is 0 Å². The van der Waals surface area contributed by atoms with Gasteiger partial charge in [-0.1, -0.05) is 49.4 Å². The van der Waals surface area contributed by atoms with Crippen LogP contribution in [0.2, 0.25) is 0 Å². The molecule has 0 spiro atoms. The van der Waals surface area contributed by atoms with Crippen molar-refractivity contribution in [3.63, 3.8) is 0 Å². The zero-order valence-electron chi connectivity index (χ0n) is 15.1. The molecule has 0 aromatic heterocycles. The van der Waals surface area contributed by atoms with Gasteiger partial charge in [0.15, 0.2) is 6.10 Å². The molecule has 1 amide bonds. The van der Waals surface area contributed by atoms with Gasteiger partial charge in [0.1, 0.15) is 5.75 Å². The van der Waals surface area contributed by atoms with Crippen molar-refractivity contribution in [3.8, 4) is 5.75 Å². The Balaban J connectivity index is 1.67. The van der Waals surface area contributed by atoms with Gasteiger partial charge in [-0.05, 0) is 61.8 Å². The van der Waals surface area contributed by atoms with Crippen molar-refractivity contribution in [2.24, 2.45) is 0 Å². The highest BCUT2D eigenvalue weighted by molar-refractivity contribution is 5.81. The highest BCUT2D eigenvalue weighted by atomic mass is 16.5. The van der Waals surface area contributed by atoms with Crippen molar-refractivity contribution in [1.29, 1.82) is 0 Å². The van der Waals surface area contributed by atoms with Crippen LogP contribution in [0.25, 0.3) is 0 Å². The maximum atomic E-state index is 12.6. The second-order valence-corrected chi connectivity index (χ2v) is 6.74. The van der Waals surface area contributed by atoms with Gasteiger partial charge in [0.25, 0.3) is 5.91 Å². The Morgan fingerprint density at radius 2 is 1.84 bits per heavy atom. The predicted molar refractivity (Wildman–Crippen MR) is 101 cm³/mol. The predicted octanol–water partition coefficient (Wildman–Crippen LogP) is 4.60. The van der Waals surface area contributed by atoms with Crippen LogP contribution in [-0.4, -0.2) is 12.0 Å². The van der Waals surface area contributed by atoms with Gasteiger partial charge in [0, 0.05) is 0 Å². The van der Waals surface area contributed by atoms with Crippen LogP contribution in [0.5, 0.6) is 5.75 Å². The van der Waals surface area contributed by atoms with Crippen molar-refractivity contribution in [1.82, 2.24) is 5.32 Å². The monoisotopic (exact) mass is 337 g/mol. The standard InChI is InChI=1S/C22H27NO2/c1-3-20(18-11-5-4-6-12-18)23-22(24)16(2)25-21-15-9-13-17-10-7-8-14-19(17)21/h4-6,9,11-13,15-16,20H,3,7-8,10,14H2,1-2H3,(H,23,24)/t16-,20+/m1/s1. The fourth-order valence-corrected chi connectivity index (χ4v) is 3.50. The summed E-state index contributed by atoms with van der Waals surface area (Å²) in [5.41, 5.74) is 3.78. The minimum absolute atomic E-state index is 0.0180. The number of ether oxygens (including phenoxy) is 1. The Hall–Kier alpha value is -2.29. The van der Waals surface area contributed by atoms with E-state index in [4.69, 9.17) is 4.74 Å².